The first-order valence-electron chi connectivity index (χ1n) is 10.3. The van der Waals surface area contributed by atoms with E-state index in [1.54, 1.807) is 6.07 Å². The number of ether oxygens (including phenoxy) is 1. The van der Waals surface area contributed by atoms with Gasteiger partial charge in [-0.05, 0) is 44.7 Å². The van der Waals surface area contributed by atoms with Crippen molar-refractivity contribution in [2.45, 2.75) is 51.8 Å². The molecule has 3 heterocycles. The molecular weight excluding hydrogens is 366 g/mol. The molecule has 0 saturated carbocycles. The van der Waals surface area contributed by atoms with Crippen molar-refractivity contribution >= 4 is 11.8 Å². The number of carbonyl (C=O) groups excluding carboxylic acids is 1. The molecule has 1 N–H and O–H groups in total. The van der Waals surface area contributed by atoms with Crippen LogP contribution in [0.3, 0.4) is 0 Å². The smallest absolute Gasteiger partial charge is 0.410 e. The van der Waals surface area contributed by atoms with Crippen LogP contribution >= 0.6 is 0 Å². The molecule has 1 fully saturated rings. The van der Waals surface area contributed by atoms with Gasteiger partial charge in [-0.25, -0.2) is 4.79 Å². The molecule has 2 aromatic rings. The second kappa shape index (κ2) is 7.58. The van der Waals surface area contributed by atoms with Crippen LogP contribution in [0.25, 0.3) is 0 Å². The van der Waals surface area contributed by atoms with Crippen molar-refractivity contribution in [2.24, 2.45) is 5.92 Å². The third kappa shape index (κ3) is 4.47. The molecule has 0 aliphatic carbocycles. The lowest BCUT2D eigenvalue weighted by Crippen LogP contribution is -2.50. The standard InChI is InChI=1S/C23H29N3O3/c1-23(2,3)29-22(28)25-13-17-9-18(15-25)20-10-19(11-21(27)26(20)14-17)24-12-16-7-5-4-6-8-16/h4-8,10-11,17-18,24H,9,12-15H2,1-3H3/t17?,18-/m0/s1. The van der Waals surface area contributed by atoms with E-state index >= 15 is 0 Å². The Balaban J connectivity index is 1.53. The number of aromatic nitrogens is 1. The number of anilines is 1. The van der Waals surface area contributed by atoms with Crippen LogP contribution in [-0.4, -0.2) is 34.3 Å². The van der Waals surface area contributed by atoms with Crippen molar-refractivity contribution in [1.29, 1.82) is 0 Å². The van der Waals surface area contributed by atoms with Crippen LogP contribution in [0.4, 0.5) is 10.5 Å². The molecule has 29 heavy (non-hydrogen) atoms. The maximum atomic E-state index is 12.7. The van der Waals surface area contributed by atoms with Gasteiger partial charge >= 0.3 is 6.09 Å². The quantitative estimate of drug-likeness (QED) is 0.858. The highest BCUT2D eigenvalue weighted by molar-refractivity contribution is 5.68. The van der Waals surface area contributed by atoms with E-state index in [9.17, 15) is 9.59 Å². The van der Waals surface area contributed by atoms with Crippen molar-refractivity contribution in [3.05, 3.63) is 64.1 Å². The Labute approximate surface area is 171 Å². The summed E-state index contributed by atoms with van der Waals surface area (Å²) in [5, 5.41) is 3.37. The molecule has 6 nitrogen and oxygen atoms in total. The molecule has 1 amide bonds. The fraction of sp³-hybridized carbons (Fsp3) is 0.478. The Bertz CT molecular complexity index is 946. The molecule has 1 saturated heterocycles. The summed E-state index contributed by atoms with van der Waals surface area (Å²) in [6, 6.07) is 13.9. The van der Waals surface area contributed by atoms with Crippen molar-refractivity contribution in [3.8, 4) is 0 Å². The fourth-order valence-corrected chi connectivity index (χ4v) is 4.34. The number of nitrogens with zero attached hydrogens (tertiary/aromatic N) is 2. The van der Waals surface area contributed by atoms with E-state index in [1.807, 2.05) is 48.4 Å². The molecule has 2 atom stereocenters. The third-order valence-electron chi connectivity index (χ3n) is 5.55. The first kappa shape index (κ1) is 19.6. The predicted octanol–water partition coefficient (Wildman–Crippen LogP) is 3.81. The SMILES string of the molecule is CC(C)(C)OC(=O)N1CC2C[C@@H](C1)c1cc(NCc3ccccc3)cc(=O)n1C2. The Hall–Kier alpha value is -2.76. The second-order valence-corrected chi connectivity index (χ2v) is 9.14. The molecule has 0 spiro atoms. The third-order valence-corrected chi connectivity index (χ3v) is 5.55. The highest BCUT2D eigenvalue weighted by Crippen LogP contribution is 2.36. The van der Waals surface area contributed by atoms with Crippen LogP contribution in [0.5, 0.6) is 0 Å². The van der Waals surface area contributed by atoms with Crippen molar-refractivity contribution in [2.75, 3.05) is 18.4 Å². The van der Waals surface area contributed by atoms with E-state index in [0.29, 0.717) is 26.2 Å². The van der Waals surface area contributed by atoms with E-state index in [4.69, 9.17) is 4.74 Å². The summed E-state index contributed by atoms with van der Waals surface area (Å²) in [5.74, 6) is 0.441. The molecule has 1 aromatic heterocycles. The van der Waals surface area contributed by atoms with Gasteiger partial charge < -0.3 is 19.5 Å². The summed E-state index contributed by atoms with van der Waals surface area (Å²) in [4.78, 5) is 27.1. The van der Waals surface area contributed by atoms with E-state index in [0.717, 1.165) is 17.8 Å². The van der Waals surface area contributed by atoms with E-state index in [1.165, 1.54) is 5.56 Å². The highest BCUT2D eigenvalue weighted by Gasteiger charge is 2.38. The summed E-state index contributed by atoms with van der Waals surface area (Å²) in [5.41, 5.74) is 2.53. The van der Waals surface area contributed by atoms with Crippen molar-refractivity contribution in [1.82, 2.24) is 9.47 Å². The summed E-state index contributed by atoms with van der Waals surface area (Å²) in [7, 11) is 0. The summed E-state index contributed by atoms with van der Waals surface area (Å²) < 4.78 is 7.46. The lowest BCUT2D eigenvalue weighted by molar-refractivity contribution is 0.0102. The Morgan fingerprint density at radius 2 is 1.90 bits per heavy atom. The highest BCUT2D eigenvalue weighted by atomic mass is 16.6. The Morgan fingerprint density at radius 1 is 1.14 bits per heavy atom. The maximum absolute atomic E-state index is 12.7. The van der Waals surface area contributed by atoms with Crippen LogP contribution < -0.4 is 10.9 Å². The van der Waals surface area contributed by atoms with Gasteiger partial charge in [0, 0.05) is 49.5 Å². The molecule has 6 heteroatoms. The van der Waals surface area contributed by atoms with Crippen molar-refractivity contribution in [3.63, 3.8) is 0 Å². The summed E-state index contributed by atoms with van der Waals surface area (Å²) >= 11 is 0. The van der Waals surface area contributed by atoms with Gasteiger partial charge in [-0.2, -0.15) is 0 Å². The van der Waals surface area contributed by atoms with Gasteiger partial charge in [-0.15, -0.1) is 0 Å². The number of hydrogen-bond donors (Lipinski definition) is 1. The number of pyridine rings is 1. The molecule has 1 unspecified atom stereocenters. The first-order chi connectivity index (χ1) is 13.8. The number of nitrogens with one attached hydrogen (secondary N) is 1. The average Bonchev–Trinajstić information content (AvgIpc) is 2.67. The zero-order chi connectivity index (χ0) is 20.6. The normalized spacial score (nSPS) is 20.7. The van der Waals surface area contributed by atoms with Crippen LogP contribution in [0.2, 0.25) is 0 Å². The number of hydrogen-bond acceptors (Lipinski definition) is 4. The monoisotopic (exact) mass is 395 g/mol. The summed E-state index contributed by atoms with van der Waals surface area (Å²) in [6.07, 6.45) is 0.738. The second-order valence-electron chi connectivity index (χ2n) is 9.14. The first-order valence-corrected chi connectivity index (χ1v) is 10.3. The van der Waals surface area contributed by atoms with Gasteiger partial charge in [0.2, 0.25) is 0 Å². The van der Waals surface area contributed by atoms with E-state index in [2.05, 4.69) is 23.5 Å². The van der Waals surface area contributed by atoms with Crippen molar-refractivity contribution < 1.29 is 9.53 Å². The number of amides is 1. The molecule has 0 radical (unpaired) electrons. The van der Waals surface area contributed by atoms with Gasteiger partial charge in [-0.3, -0.25) is 4.79 Å². The minimum atomic E-state index is -0.507. The molecular formula is C23H29N3O3. The van der Waals surface area contributed by atoms with Crippen LogP contribution in [0, 0.1) is 5.92 Å². The predicted molar refractivity (Wildman–Crippen MR) is 113 cm³/mol. The number of fused-ring (bicyclic) bond motifs is 4. The number of likely N-dealkylation sites (tertiary alicyclic amines) is 1. The molecule has 1 aromatic carbocycles. The van der Waals surface area contributed by atoms with Gasteiger partial charge in [0.1, 0.15) is 5.60 Å². The van der Waals surface area contributed by atoms with Gasteiger partial charge in [0.25, 0.3) is 5.56 Å². The summed E-state index contributed by atoms with van der Waals surface area (Å²) in [6.45, 7) is 8.21. The van der Waals surface area contributed by atoms with Crippen LogP contribution in [0.1, 0.15) is 44.4 Å². The number of rotatable bonds is 3. The lowest BCUT2D eigenvalue weighted by Gasteiger charge is -2.43. The Kier molecular flexibility index (Phi) is 5.11. The topological polar surface area (TPSA) is 63.6 Å². The number of piperidine rings is 1. The zero-order valence-electron chi connectivity index (χ0n) is 17.4. The number of benzene rings is 1. The maximum Gasteiger partial charge on any atom is 0.410 e. The van der Waals surface area contributed by atoms with Gasteiger partial charge in [-0.1, -0.05) is 30.3 Å². The van der Waals surface area contributed by atoms with E-state index in [-0.39, 0.29) is 23.5 Å². The zero-order valence-corrected chi connectivity index (χ0v) is 17.4. The lowest BCUT2D eigenvalue weighted by atomic mass is 9.83. The minimum Gasteiger partial charge on any atom is -0.444 e. The molecule has 4 rings (SSSR count). The van der Waals surface area contributed by atoms with Gasteiger partial charge in [0.05, 0.1) is 0 Å². The molecule has 2 aliphatic rings. The van der Waals surface area contributed by atoms with E-state index < -0.39 is 5.60 Å². The number of carbonyl (C=O) groups is 1. The average molecular weight is 396 g/mol. The Morgan fingerprint density at radius 3 is 2.62 bits per heavy atom. The van der Waals surface area contributed by atoms with Crippen LogP contribution in [0.15, 0.2) is 47.3 Å². The largest absolute Gasteiger partial charge is 0.444 e. The molecule has 2 bridgehead atoms. The fourth-order valence-electron chi connectivity index (χ4n) is 4.34. The molecule has 2 aliphatic heterocycles. The van der Waals surface area contributed by atoms with Crippen LogP contribution in [-0.2, 0) is 17.8 Å². The molecule has 154 valence electrons. The minimum absolute atomic E-state index is 0.0264. The van der Waals surface area contributed by atoms with Gasteiger partial charge in [0.15, 0.2) is 0 Å².